The van der Waals surface area contributed by atoms with Crippen molar-refractivity contribution in [2.24, 2.45) is 0 Å². The SMILES string of the molecule is COCCCNC(=O)CSc1nc2ccsc2c(=O)n1-c1cc(F)cc(F)c1. The first-order valence-corrected chi connectivity index (χ1v) is 10.2. The summed E-state index contributed by atoms with van der Waals surface area (Å²) < 4.78 is 33.8. The Bertz CT molecular complexity index is 1030. The standard InChI is InChI=1S/C18H17F2N3O3S2/c1-26-5-2-4-21-15(24)10-28-18-22-14-3-6-27-16(14)17(25)23(18)13-8-11(19)7-12(20)9-13/h3,6-9H,2,4-5,10H2,1H3,(H,21,24). The Morgan fingerprint density at radius 1 is 1.32 bits per heavy atom. The molecule has 6 nitrogen and oxygen atoms in total. The summed E-state index contributed by atoms with van der Waals surface area (Å²) >= 11 is 2.22. The Morgan fingerprint density at radius 2 is 2.07 bits per heavy atom. The maximum absolute atomic E-state index is 13.7. The van der Waals surface area contributed by atoms with Crippen LogP contribution in [0.4, 0.5) is 8.78 Å². The number of nitrogens with zero attached hydrogens (tertiary/aromatic N) is 2. The van der Waals surface area contributed by atoms with Gasteiger partial charge in [-0.15, -0.1) is 11.3 Å². The van der Waals surface area contributed by atoms with Gasteiger partial charge in [-0.1, -0.05) is 11.8 Å². The van der Waals surface area contributed by atoms with Crippen LogP contribution in [0, 0.1) is 11.6 Å². The van der Waals surface area contributed by atoms with Gasteiger partial charge in [-0.2, -0.15) is 0 Å². The maximum Gasteiger partial charge on any atom is 0.276 e. The van der Waals surface area contributed by atoms with E-state index in [9.17, 15) is 18.4 Å². The van der Waals surface area contributed by atoms with Crippen molar-refractivity contribution in [3.63, 3.8) is 0 Å². The Hall–Kier alpha value is -2.30. The summed E-state index contributed by atoms with van der Waals surface area (Å²) in [7, 11) is 1.58. The second-order valence-corrected chi connectivity index (χ2v) is 7.64. The number of hydrogen-bond donors (Lipinski definition) is 1. The van der Waals surface area contributed by atoms with E-state index in [2.05, 4.69) is 10.3 Å². The van der Waals surface area contributed by atoms with Crippen molar-refractivity contribution >= 4 is 39.2 Å². The number of methoxy groups -OCH3 is 1. The molecule has 0 unspecified atom stereocenters. The lowest BCUT2D eigenvalue weighted by molar-refractivity contribution is -0.118. The van der Waals surface area contributed by atoms with Crippen LogP contribution >= 0.6 is 23.1 Å². The van der Waals surface area contributed by atoms with Crippen LogP contribution in [0.15, 0.2) is 39.6 Å². The van der Waals surface area contributed by atoms with E-state index in [-0.39, 0.29) is 22.5 Å². The second-order valence-electron chi connectivity index (χ2n) is 5.78. The molecule has 0 bridgehead atoms. The number of amides is 1. The summed E-state index contributed by atoms with van der Waals surface area (Å²) in [5.74, 6) is -1.84. The van der Waals surface area contributed by atoms with Gasteiger partial charge >= 0.3 is 0 Å². The number of benzene rings is 1. The molecule has 148 valence electrons. The van der Waals surface area contributed by atoms with E-state index in [1.807, 2.05) is 0 Å². The molecule has 0 saturated carbocycles. The highest BCUT2D eigenvalue weighted by Gasteiger charge is 2.17. The van der Waals surface area contributed by atoms with Gasteiger partial charge in [-0.3, -0.25) is 14.2 Å². The topological polar surface area (TPSA) is 73.2 Å². The first kappa shape index (κ1) is 20.4. The first-order valence-electron chi connectivity index (χ1n) is 8.34. The summed E-state index contributed by atoms with van der Waals surface area (Å²) in [6.45, 7) is 1.00. The molecule has 3 rings (SSSR count). The predicted octanol–water partition coefficient (Wildman–Crippen LogP) is 2.97. The minimum atomic E-state index is -0.806. The average Bonchev–Trinajstić information content (AvgIpc) is 3.11. The minimum absolute atomic E-state index is 0.00681. The van der Waals surface area contributed by atoms with Crippen molar-refractivity contribution in [2.45, 2.75) is 11.6 Å². The smallest absolute Gasteiger partial charge is 0.276 e. The summed E-state index contributed by atoms with van der Waals surface area (Å²) in [6.07, 6.45) is 0.680. The van der Waals surface area contributed by atoms with Crippen molar-refractivity contribution < 1.29 is 18.3 Å². The molecule has 0 fully saturated rings. The Morgan fingerprint density at radius 3 is 2.79 bits per heavy atom. The molecule has 1 N–H and O–H groups in total. The van der Waals surface area contributed by atoms with Crippen LogP contribution in [-0.2, 0) is 9.53 Å². The highest BCUT2D eigenvalue weighted by atomic mass is 32.2. The fraction of sp³-hybridized carbons (Fsp3) is 0.278. The molecule has 2 aromatic heterocycles. The Labute approximate surface area is 167 Å². The number of carbonyl (C=O) groups is 1. The molecule has 0 radical (unpaired) electrons. The quantitative estimate of drug-likeness (QED) is 0.341. The summed E-state index contributed by atoms with van der Waals surface area (Å²) in [6, 6.07) is 4.53. The summed E-state index contributed by atoms with van der Waals surface area (Å²) in [5, 5.41) is 4.64. The van der Waals surface area contributed by atoms with E-state index in [1.54, 1.807) is 18.6 Å². The van der Waals surface area contributed by atoms with Gasteiger partial charge in [0.25, 0.3) is 5.56 Å². The molecule has 1 amide bonds. The monoisotopic (exact) mass is 425 g/mol. The van der Waals surface area contributed by atoms with Crippen LogP contribution in [0.3, 0.4) is 0 Å². The molecular weight excluding hydrogens is 408 g/mol. The number of nitrogens with one attached hydrogen (secondary N) is 1. The lowest BCUT2D eigenvalue weighted by Gasteiger charge is -2.12. The molecule has 0 spiro atoms. The van der Waals surface area contributed by atoms with Gasteiger partial charge in [0.15, 0.2) is 5.16 Å². The number of hydrogen-bond acceptors (Lipinski definition) is 6. The molecular formula is C18H17F2N3O3S2. The molecule has 0 saturated heterocycles. The summed E-state index contributed by atoms with van der Waals surface area (Å²) in [5.41, 5.74) is 0.0624. The van der Waals surface area contributed by atoms with Gasteiger partial charge in [0.1, 0.15) is 16.3 Å². The molecule has 10 heteroatoms. The van der Waals surface area contributed by atoms with E-state index < -0.39 is 17.2 Å². The minimum Gasteiger partial charge on any atom is -0.385 e. The lowest BCUT2D eigenvalue weighted by atomic mass is 10.3. The van der Waals surface area contributed by atoms with Crippen molar-refractivity contribution in [1.82, 2.24) is 14.9 Å². The van der Waals surface area contributed by atoms with E-state index in [0.29, 0.717) is 29.8 Å². The van der Waals surface area contributed by atoms with Crippen LogP contribution in [-0.4, -0.2) is 41.5 Å². The zero-order valence-electron chi connectivity index (χ0n) is 14.9. The lowest BCUT2D eigenvalue weighted by Crippen LogP contribution is -2.27. The fourth-order valence-electron chi connectivity index (χ4n) is 2.51. The van der Waals surface area contributed by atoms with Gasteiger partial charge in [0.05, 0.1) is 17.0 Å². The third-order valence-corrected chi connectivity index (χ3v) is 5.56. The predicted molar refractivity (Wildman–Crippen MR) is 105 cm³/mol. The van der Waals surface area contributed by atoms with Crippen molar-refractivity contribution in [3.05, 3.63) is 51.6 Å². The molecule has 0 aliphatic carbocycles. The van der Waals surface area contributed by atoms with E-state index in [4.69, 9.17) is 4.74 Å². The fourth-order valence-corrected chi connectivity index (χ4v) is 4.11. The highest BCUT2D eigenvalue weighted by Crippen LogP contribution is 2.24. The van der Waals surface area contributed by atoms with Gasteiger partial charge in [-0.05, 0) is 30.0 Å². The zero-order chi connectivity index (χ0) is 20.1. The van der Waals surface area contributed by atoms with E-state index in [1.165, 1.54) is 11.3 Å². The number of thioether (sulfide) groups is 1. The van der Waals surface area contributed by atoms with Crippen molar-refractivity contribution in [2.75, 3.05) is 26.0 Å². The molecule has 28 heavy (non-hydrogen) atoms. The van der Waals surface area contributed by atoms with E-state index in [0.717, 1.165) is 34.5 Å². The zero-order valence-corrected chi connectivity index (χ0v) is 16.5. The van der Waals surface area contributed by atoms with Crippen LogP contribution < -0.4 is 10.9 Å². The Kier molecular flexibility index (Phi) is 6.76. The van der Waals surface area contributed by atoms with Crippen LogP contribution in [0.2, 0.25) is 0 Å². The molecule has 0 atom stereocenters. The average molecular weight is 425 g/mol. The third-order valence-electron chi connectivity index (χ3n) is 3.73. The third kappa shape index (κ3) is 4.75. The number of fused-ring (bicyclic) bond motifs is 1. The highest BCUT2D eigenvalue weighted by molar-refractivity contribution is 7.99. The van der Waals surface area contributed by atoms with Crippen LogP contribution in [0.25, 0.3) is 15.9 Å². The normalized spacial score (nSPS) is 11.1. The first-order chi connectivity index (χ1) is 13.5. The summed E-state index contributed by atoms with van der Waals surface area (Å²) in [4.78, 5) is 29.3. The molecule has 1 aromatic carbocycles. The molecule has 2 heterocycles. The number of carbonyl (C=O) groups excluding carboxylic acids is 1. The second kappa shape index (κ2) is 9.26. The number of thiophene rings is 1. The van der Waals surface area contributed by atoms with Gasteiger partial charge in [-0.25, -0.2) is 13.8 Å². The van der Waals surface area contributed by atoms with Crippen LogP contribution in [0.1, 0.15) is 6.42 Å². The van der Waals surface area contributed by atoms with Crippen molar-refractivity contribution in [1.29, 1.82) is 0 Å². The number of aromatic nitrogens is 2. The maximum atomic E-state index is 13.7. The van der Waals surface area contributed by atoms with E-state index >= 15 is 0 Å². The Balaban J connectivity index is 1.90. The van der Waals surface area contributed by atoms with Gasteiger partial charge in [0, 0.05) is 26.3 Å². The number of rotatable bonds is 8. The van der Waals surface area contributed by atoms with Crippen molar-refractivity contribution in [3.8, 4) is 5.69 Å². The molecule has 3 aromatic rings. The van der Waals surface area contributed by atoms with Gasteiger partial charge in [0.2, 0.25) is 5.91 Å². The molecule has 0 aliphatic heterocycles. The number of halogens is 2. The van der Waals surface area contributed by atoms with Crippen LogP contribution in [0.5, 0.6) is 0 Å². The molecule has 0 aliphatic rings. The largest absolute Gasteiger partial charge is 0.385 e. The van der Waals surface area contributed by atoms with Gasteiger partial charge < -0.3 is 10.1 Å². The number of ether oxygens (including phenoxy) is 1.